The van der Waals surface area contributed by atoms with E-state index in [-0.39, 0.29) is 44.7 Å². The fourth-order valence-corrected chi connectivity index (χ4v) is 6.26. The molecule has 8 nitrogen and oxygen atoms in total. The van der Waals surface area contributed by atoms with Gasteiger partial charge in [0.25, 0.3) is 5.91 Å². The van der Waals surface area contributed by atoms with E-state index in [4.69, 9.17) is 0 Å². The highest BCUT2D eigenvalue weighted by Gasteiger charge is 2.55. The van der Waals surface area contributed by atoms with E-state index in [2.05, 4.69) is 5.32 Å². The van der Waals surface area contributed by atoms with Crippen molar-refractivity contribution in [2.45, 2.75) is 43.0 Å². The number of amides is 3. The van der Waals surface area contributed by atoms with Gasteiger partial charge in [0.05, 0.1) is 6.67 Å². The van der Waals surface area contributed by atoms with Gasteiger partial charge < -0.3 is 5.32 Å². The van der Waals surface area contributed by atoms with E-state index >= 15 is 0 Å². The average molecular weight is 475 g/mol. The number of hydrogen-bond acceptors (Lipinski definition) is 5. The predicted molar refractivity (Wildman–Crippen MR) is 107 cm³/mol. The summed E-state index contributed by atoms with van der Waals surface area (Å²) >= 11 is 0. The molecule has 1 N–H and O–H groups in total. The molecule has 1 aromatic carbocycles. The molecule has 3 aliphatic rings. The Labute approximate surface area is 184 Å². The maximum atomic E-state index is 14.0. The number of halogens is 3. The fourth-order valence-electron chi connectivity index (χ4n) is 4.78. The first kappa shape index (κ1) is 23.0. The summed E-state index contributed by atoms with van der Waals surface area (Å²) in [6, 6.07) is 0.817. The number of nitrogens with one attached hydrogen (secondary N) is 1. The molecule has 4 rings (SSSR count). The molecule has 32 heavy (non-hydrogen) atoms. The Hall–Kier alpha value is -2.18. The van der Waals surface area contributed by atoms with Gasteiger partial charge in [-0.1, -0.05) is 19.8 Å². The minimum Gasteiger partial charge on any atom is -0.323 e. The Balaban J connectivity index is 1.42. The Kier molecular flexibility index (Phi) is 5.97. The third kappa shape index (κ3) is 3.67. The minimum absolute atomic E-state index is 0.0204. The van der Waals surface area contributed by atoms with E-state index in [0.29, 0.717) is 18.6 Å². The lowest BCUT2D eigenvalue weighted by Crippen LogP contribution is -2.55. The smallest absolute Gasteiger partial charge is 0.323 e. The number of hydrogen-bond donors (Lipinski definition) is 1. The summed E-state index contributed by atoms with van der Waals surface area (Å²) in [6.07, 6.45) is 3.33. The van der Waals surface area contributed by atoms with Crippen LogP contribution in [-0.2, 0) is 14.8 Å². The Morgan fingerprint density at radius 1 is 1.06 bits per heavy atom. The molecular formula is C20H25F3N4O4S. The van der Waals surface area contributed by atoms with Crippen molar-refractivity contribution in [2.24, 2.45) is 5.92 Å². The zero-order valence-corrected chi connectivity index (χ0v) is 18.4. The average Bonchev–Trinajstić information content (AvgIpc) is 2.99. The van der Waals surface area contributed by atoms with Gasteiger partial charge in [0.2, 0.25) is 10.0 Å². The van der Waals surface area contributed by atoms with Gasteiger partial charge in [-0.15, -0.1) is 0 Å². The van der Waals surface area contributed by atoms with Crippen molar-refractivity contribution in [2.75, 3.05) is 32.8 Å². The standard InChI is InChI=1S/C20H25F3N4O4S/c1-13-4-2-3-7-20(13)18(28)27(19(29)24-20)12-25-8-10-26(11-9-25)32(30,31)15-6-5-14(21)16(22)17(15)23/h5-6,13H,2-4,7-12H2,1H3,(H,24,29)/t13-,20-/m1/s1. The van der Waals surface area contributed by atoms with Crippen LogP contribution in [0, 0.1) is 23.4 Å². The number of imide groups is 1. The van der Waals surface area contributed by atoms with E-state index in [1.54, 1.807) is 4.90 Å². The third-order valence-corrected chi connectivity index (χ3v) is 8.71. The predicted octanol–water partition coefficient (Wildman–Crippen LogP) is 1.87. The third-order valence-electron chi connectivity index (χ3n) is 6.79. The number of benzene rings is 1. The maximum absolute atomic E-state index is 14.0. The molecule has 1 aromatic rings. The van der Waals surface area contributed by atoms with Crippen molar-refractivity contribution in [1.82, 2.24) is 19.4 Å². The lowest BCUT2D eigenvalue weighted by atomic mass is 9.73. The van der Waals surface area contributed by atoms with E-state index < -0.39 is 43.9 Å². The number of sulfonamides is 1. The molecule has 2 saturated heterocycles. The van der Waals surface area contributed by atoms with Crippen molar-refractivity contribution in [1.29, 1.82) is 0 Å². The monoisotopic (exact) mass is 474 g/mol. The number of carbonyl (C=O) groups excluding carboxylic acids is 2. The molecule has 0 radical (unpaired) electrons. The van der Waals surface area contributed by atoms with Crippen LogP contribution < -0.4 is 5.32 Å². The second-order valence-electron chi connectivity index (χ2n) is 8.62. The number of nitrogens with zero attached hydrogens (tertiary/aromatic N) is 3. The Morgan fingerprint density at radius 3 is 2.41 bits per heavy atom. The maximum Gasteiger partial charge on any atom is 0.326 e. The molecule has 0 aromatic heterocycles. The van der Waals surface area contributed by atoms with Gasteiger partial charge in [-0.25, -0.2) is 31.3 Å². The summed E-state index contributed by atoms with van der Waals surface area (Å²) in [5, 5.41) is 2.88. The van der Waals surface area contributed by atoms with Crippen LogP contribution in [0.1, 0.15) is 32.6 Å². The van der Waals surface area contributed by atoms with Crippen LogP contribution in [0.5, 0.6) is 0 Å². The van der Waals surface area contributed by atoms with Gasteiger partial charge in [0.15, 0.2) is 17.5 Å². The molecule has 2 atom stereocenters. The molecule has 0 bridgehead atoms. The van der Waals surface area contributed by atoms with Crippen LogP contribution in [0.25, 0.3) is 0 Å². The van der Waals surface area contributed by atoms with E-state index in [9.17, 15) is 31.2 Å². The molecule has 1 spiro atoms. The van der Waals surface area contributed by atoms with Gasteiger partial charge >= 0.3 is 6.03 Å². The van der Waals surface area contributed by atoms with Gasteiger partial charge in [0, 0.05) is 26.2 Å². The summed E-state index contributed by atoms with van der Waals surface area (Å²) in [6.45, 7) is 2.25. The SMILES string of the molecule is C[C@@H]1CCCC[C@@]12NC(=O)N(CN1CCN(S(=O)(=O)c3ccc(F)c(F)c3F)CC1)C2=O. The van der Waals surface area contributed by atoms with Crippen molar-refractivity contribution in [3.05, 3.63) is 29.6 Å². The molecular weight excluding hydrogens is 449 g/mol. The van der Waals surface area contributed by atoms with E-state index in [0.717, 1.165) is 23.6 Å². The molecule has 2 heterocycles. The molecule has 12 heteroatoms. The number of rotatable bonds is 4. The van der Waals surface area contributed by atoms with Crippen molar-refractivity contribution in [3.8, 4) is 0 Å². The fraction of sp³-hybridized carbons (Fsp3) is 0.600. The molecule has 2 aliphatic heterocycles. The number of carbonyl (C=O) groups is 2. The summed E-state index contributed by atoms with van der Waals surface area (Å²) in [5.41, 5.74) is -0.870. The van der Waals surface area contributed by atoms with E-state index in [1.807, 2.05) is 6.92 Å². The van der Waals surface area contributed by atoms with E-state index in [1.165, 1.54) is 4.90 Å². The topological polar surface area (TPSA) is 90.0 Å². The lowest BCUT2D eigenvalue weighted by molar-refractivity contribution is -0.135. The quantitative estimate of drug-likeness (QED) is 0.532. The largest absolute Gasteiger partial charge is 0.326 e. The summed E-state index contributed by atoms with van der Waals surface area (Å²) in [5.74, 6) is -5.28. The Bertz CT molecular complexity index is 1050. The van der Waals surface area contributed by atoms with Gasteiger partial charge in [-0.05, 0) is 30.9 Å². The first-order chi connectivity index (χ1) is 15.1. The highest BCUT2D eigenvalue weighted by Crippen LogP contribution is 2.38. The Morgan fingerprint density at radius 2 is 1.75 bits per heavy atom. The highest BCUT2D eigenvalue weighted by molar-refractivity contribution is 7.89. The number of urea groups is 1. The van der Waals surface area contributed by atoms with Crippen molar-refractivity contribution in [3.63, 3.8) is 0 Å². The second kappa shape index (κ2) is 8.31. The molecule has 3 amide bonds. The zero-order chi connectivity index (χ0) is 23.3. The first-order valence-corrected chi connectivity index (χ1v) is 12.0. The van der Waals surface area contributed by atoms with Gasteiger partial charge in [-0.2, -0.15) is 4.31 Å². The highest BCUT2D eigenvalue weighted by atomic mass is 32.2. The summed E-state index contributed by atoms with van der Waals surface area (Å²) in [7, 11) is -4.37. The lowest BCUT2D eigenvalue weighted by Gasteiger charge is -2.38. The molecule has 176 valence electrons. The van der Waals surface area contributed by atoms with Crippen LogP contribution in [0.3, 0.4) is 0 Å². The molecule has 0 unspecified atom stereocenters. The van der Waals surface area contributed by atoms with Gasteiger partial charge in [-0.3, -0.25) is 9.69 Å². The van der Waals surface area contributed by atoms with Gasteiger partial charge in [0.1, 0.15) is 10.4 Å². The zero-order valence-electron chi connectivity index (χ0n) is 17.6. The number of piperazine rings is 1. The van der Waals surface area contributed by atoms with Crippen LogP contribution in [0.15, 0.2) is 17.0 Å². The second-order valence-corrected chi connectivity index (χ2v) is 10.5. The van der Waals surface area contributed by atoms with Crippen LogP contribution in [0.4, 0.5) is 18.0 Å². The normalized spacial score (nSPS) is 27.9. The summed E-state index contributed by atoms with van der Waals surface area (Å²) in [4.78, 5) is 27.6. The van der Waals surface area contributed by atoms with Crippen LogP contribution in [-0.4, -0.2) is 72.8 Å². The van der Waals surface area contributed by atoms with Crippen molar-refractivity contribution < 1.29 is 31.2 Å². The van der Waals surface area contributed by atoms with Crippen LogP contribution >= 0.6 is 0 Å². The van der Waals surface area contributed by atoms with Crippen LogP contribution in [0.2, 0.25) is 0 Å². The first-order valence-electron chi connectivity index (χ1n) is 10.6. The molecule has 3 fully saturated rings. The minimum atomic E-state index is -4.37. The summed E-state index contributed by atoms with van der Waals surface area (Å²) < 4.78 is 67.1. The molecule has 1 aliphatic carbocycles. The molecule has 1 saturated carbocycles. The van der Waals surface area contributed by atoms with Crippen molar-refractivity contribution >= 4 is 22.0 Å².